The molecule has 2 aromatic carbocycles. The van der Waals surface area contributed by atoms with Crippen LogP contribution in [0.15, 0.2) is 66.9 Å². The van der Waals surface area contributed by atoms with Crippen molar-refractivity contribution >= 4 is 0 Å². The van der Waals surface area contributed by atoms with Gasteiger partial charge in [0.15, 0.2) is 0 Å². The summed E-state index contributed by atoms with van der Waals surface area (Å²) in [4.78, 5) is 4.13. The van der Waals surface area contributed by atoms with Crippen LogP contribution < -0.4 is 0 Å². The first-order valence-corrected chi connectivity index (χ1v) is 7.65. The molecule has 3 aromatic rings. The number of pyridine rings is 1. The molecule has 0 N–H and O–H groups in total. The zero-order valence-corrected chi connectivity index (χ0v) is 13.9. The van der Waals surface area contributed by atoms with E-state index in [1.54, 1.807) is 18.3 Å². The minimum atomic E-state index is -0.537. The van der Waals surface area contributed by atoms with E-state index in [-0.39, 0.29) is 5.82 Å². The fraction of sp³-hybridized carbons (Fsp3) is 0.150. The Hall–Kier alpha value is -2.62. The van der Waals surface area contributed by atoms with Crippen molar-refractivity contribution in [3.05, 3.63) is 90.0 Å². The summed E-state index contributed by atoms with van der Waals surface area (Å²) in [5.74, 6) is -1.28. The minimum Gasteiger partial charge on any atom is -0.261 e. The number of halogens is 3. The van der Waals surface area contributed by atoms with Gasteiger partial charge >= 0.3 is 0 Å². The molecule has 0 amide bonds. The van der Waals surface area contributed by atoms with Crippen LogP contribution in [0.5, 0.6) is 0 Å². The largest absolute Gasteiger partial charge is 0.261 e. The summed E-state index contributed by atoms with van der Waals surface area (Å²) in [6.45, 7) is 5.91. The summed E-state index contributed by atoms with van der Waals surface area (Å²) in [7, 11) is 0. The lowest BCUT2D eigenvalue weighted by Crippen LogP contribution is -1.85. The monoisotopic (exact) mass is 331 g/mol. The molecule has 0 bridgehead atoms. The van der Waals surface area contributed by atoms with E-state index in [1.807, 2.05) is 39.0 Å². The first-order valence-electron chi connectivity index (χ1n) is 7.65. The molecular formula is C20H20F3N. The van der Waals surface area contributed by atoms with Crippen LogP contribution in [0, 0.1) is 24.4 Å². The van der Waals surface area contributed by atoms with E-state index in [9.17, 15) is 13.2 Å². The maximum absolute atomic E-state index is 13.3. The third-order valence-corrected chi connectivity index (χ3v) is 2.88. The number of rotatable bonds is 1. The second-order valence-electron chi connectivity index (χ2n) is 4.61. The van der Waals surface area contributed by atoms with Crippen LogP contribution in [0.1, 0.15) is 19.5 Å². The van der Waals surface area contributed by atoms with Gasteiger partial charge in [0.2, 0.25) is 0 Å². The quantitative estimate of drug-likeness (QED) is 0.518. The van der Waals surface area contributed by atoms with Crippen molar-refractivity contribution in [2.75, 3.05) is 0 Å². The molecule has 1 nitrogen and oxygen atoms in total. The summed E-state index contributed by atoms with van der Waals surface area (Å²) >= 11 is 0. The zero-order chi connectivity index (χ0) is 17.9. The molecule has 126 valence electrons. The van der Waals surface area contributed by atoms with Gasteiger partial charge in [-0.25, -0.2) is 13.2 Å². The van der Waals surface area contributed by atoms with Crippen LogP contribution in [0.3, 0.4) is 0 Å². The second-order valence-corrected chi connectivity index (χ2v) is 4.61. The molecular weight excluding hydrogens is 311 g/mol. The molecule has 0 fully saturated rings. The Morgan fingerprint density at radius 2 is 1.38 bits per heavy atom. The van der Waals surface area contributed by atoms with Crippen molar-refractivity contribution < 1.29 is 13.2 Å². The summed E-state index contributed by atoms with van der Waals surface area (Å²) in [5, 5.41) is 0. The fourth-order valence-corrected chi connectivity index (χ4v) is 1.78. The van der Waals surface area contributed by atoms with Crippen LogP contribution in [-0.4, -0.2) is 4.98 Å². The normalized spacial score (nSPS) is 9.25. The van der Waals surface area contributed by atoms with Gasteiger partial charge in [-0.2, -0.15) is 0 Å². The van der Waals surface area contributed by atoms with E-state index in [2.05, 4.69) is 4.98 Å². The molecule has 3 rings (SSSR count). The van der Waals surface area contributed by atoms with Gasteiger partial charge in [0, 0.05) is 29.1 Å². The molecule has 24 heavy (non-hydrogen) atoms. The van der Waals surface area contributed by atoms with Crippen molar-refractivity contribution in [2.24, 2.45) is 0 Å². The maximum atomic E-state index is 13.3. The average Bonchev–Trinajstić information content (AvgIpc) is 2.58. The van der Waals surface area contributed by atoms with E-state index < -0.39 is 11.6 Å². The molecule has 0 saturated heterocycles. The molecule has 0 aliphatic rings. The van der Waals surface area contributed by atoms with Gasteiger partial charge in [-0.15, -0.1) is 0 Å². The molecule has 1 heterocycles. The predicted molar refractivity (Wildman–Crippen MR) is 92.1 cm³/mol. The molecule has 1 aromatic heterocycles. The van der Waals surface area contributed by atoms with Gasteiger partial charge < -0.3 is 0 Å². The van der Waals surface area contributed by atoms with Crippen LogP contribution in [0.4, 0.5) is 13.2 Å². The highest BCUT2D eigenvalue weighted by Crippen LogP contribution is 2.21. The smallest absolute Gasteiger partial charge is 0.131 e. The third-order valence-electron chi connectivity index (χ3n) is 2.88. The number of hydrogen-bond donors (Lipinski definition) is 0. The maximum Gasteiger partial charge on any atom is 0.131 e. The Kier molecular flexibility index (Phi) is 8.26. The number of benzene rings is 2. The Morgan fingerprint density at radius 1 is 0.750 bits per heavy atom. The highest BCUT2D eigenvalue weighted by Gasteiger charge is 2.02. The molecule has 0 atom stereocenters. The van der Waals surface area contributed by atoms with Gasteiger partial charge in [0.05, 0.1) is 0 Å². The summed E-state index contributed by atoms with van der Waals surface area (Å²) in [6, 6.07) is 15.0. The van der Waals surface area contributed by atoms with E-state index >= 15 is 0 Å². The Bertz CT molecular complexity index is 723. The highest BCUT2D eigenvalue weighted by atomic mass is 19.1. The van der Waals surface area contributed by atoms with E-state index in [4.69, 9.17) is 0 Å². The van der Waals surface area contributed by atoms with E-state index in [0.29, 0.717) is 5.56 Å². The molecule has 4 heteroatoms. The van der Waals surface area contributed by atoms with Gasteiger partial charge in [-0.05, 0) is 31.2 Å². The number of nitrogens with zero attached hydrogens (tertiary/aromatic N) is 1. The first kappa shape index (κ1) is 19.4. The lowest BCUT2D eigenvalue weighted by atomic mass is 10.1. The van der Waals surface area contributed by atoms with Crippen molar-refractivity contribution in [3.63, 3.8) is 0 Å². The molecule has 0 saturated carbocycles. The lowest BCUT2D eigenvalue weighted by molar-refractivity contribution is 0.583. The molecule has 0 radical (unpaired) electrons. The van der Waals surface area contributed by atoms with Crippen LogP contribution in [-0.2, 0) is 0 Å². The number of aryl methyl sites for hydroxylation is 1. The SMILES string of the molecule is CC.Cc1ccc(-c2ccccc2F)cn1.Fc1cccc(F)c1. The van der Waals surface area contributed by atoms with E-state index in [0.717, 1.165) is 17.3 Å². The first-order chi connectivity index (χ1) is 11.6. The van der Waals surface area contributed by atoms with Crippen molar-refractivity contribution in [1.82, 2.24) is 4.98 Å². The summed E-state index contributed by atoms with van der Waals surface area (Å²) in [5.41, 5.74) is 2.35. The minimum absolute atomic E-state index is 0.210. The van der Waals surface area contributed by atoms with Gasteiger partial charge in [0.1, 0.15) is 17.5 Å². The molecule has 0 spiro atoms. The Morgan fingerprint density at radius 3 is 1.83 bits per heavy atom. The lowest BCUT2D eigenvalue weighted by Gasteiger charge is -2.02. The van der Waals surface area contributed by atoms with Gasteiger partial charge in [-0.3, -0.25) is 4.98 Å². The molecule has 0 unspecified atom stereocenters. The Balaban J connectivity index is 0.000000245. The highest BCUT2D eigenvalue weighted by molar-refractivity contribution is 5.62. The third kappa shape index (κ3) is 6.24. The summed E-state index contributed by atoms with van der Waals surface area (Å²) in [6.07, 6.45) is 1.69. The summed E-state index contributed by atoms with van der Waals surface area (Å²) < 4.78 is 37.2. The molecule has 0 aliphatic heterocycles. The predicted octanol–water partition coefficient (Wildman–Crippen LogP) is 6.19. The standard InChI is InChI=1S/C12H10FN.C6H4F2.C2H6/c1-9-6-7-10(8-14-9)11-4-2-3-5-12(11)13;7-5-2-1-3-6(8)4-5;1-2/h2-8H,1H3;1-4H;1-2H3. The molecule has 0 aliphatic carbocycles. The topological polar surface area (TPSA) is 12.9 Å². The van der Waals surface area contributed by atoms with Crippen molar-refractivity contribution in [2.45, 2.75) is 20.8 Å². The van der Waals surface area contributed by atoms with Crippen molar-refractivity contribution in [1.29, 1.82) is 0 Å². The van der Waals surface area contributed by atoms with Crippen LogP contribution in [0.2, 0.25) is 0 Å². The second kappa shape index (κ2) is 10.2. The number of hydrogen-bond acceptors (Lipinski definition) is 1. The average molecular weight is 331 g/mol. The van der Waals surface area contributed by atoms with Gasteiger partial charge in [0.25, 0.3) is 0 Å². The van der Waals surface area contributed by atoms with Crippen LogP contribution >= 0.6 is 0 Å². The van der Waals surface area contributed by atoms with Crippen LogP contribution in [0.25, 0.3) is 11.1 Å². The zero-order valence-electron chi connectivity index (χ0n) is 13.9. The van der Waals surface area contributed by atoms with Crippen molar-refractivity contribution in [3.8, 4) is 11.1 Å². The van der Waals surface area contributed by atoms with Gasteiger partial charge in [-0.1, -0.05) is 44.2 Å². The van der Waals surface area contributed by atoms with E-state index in [1.165, 1.54) is 24.3 Å². The fourth-order valence-electron chi connectivity index (χ4n) is 1.78. The number of aromatic nitrogens is 1. The Labute approximate surface area is 140 Å².